The van der Waals surface area contributed by atoms with Gasteiger partial charge in [-0.25, -0.2) is 13.2 Å². The summed E-state index contributed by atoms with van der Waals surface area (Å²) in [6.07, 6.45) is 0. The Bertz CT molecular complexity index is 1130. The molecule has 0 radical (unpaired) electrons. The van der Waals surface area contributed by atoms with Crippen LogP contribution in [0.25, 0.3) is 0 Å². The average molecular weight is 483 g/mol. The van der Waals surface area contributed by atoms with Gasteiger partial charge in [-0.2, -0.15) is 4.72 Å². The van der Waals surface area contributed by atoms with Gasteiger partial charge in [0.2, 0.25) is 15.9 Å². The summed E-state index contributed by atoms with van der Waals surface area (Å²) in [4.78, 5) is 24.8. The van der Waals surface area contributed by atoms with E-state index in [-0.39, 0.29) is 33.4 Å². The first kappa shape index (κ1) is 25.7. The van der Waals surface area contributed by atoms with Crippen LogP contribution < -0.4 is 29.0 Å². The van der Waals surface area contributed by atoms with Crippen molar-refractivity contribution in [2.75, 3.05) is 40.9 Å². The molecule has 2 aromatic carbocycles. The molecular weight excluding hydrogens is 456 g/mol. The van der Waals surface area contributed by atoms with Crippen LogP contribution in [0.2, 0.25) is 0 Å². The van der Waals surface area contributed by atoms with Crippen LogP contribution in [0, 0.1) is 0 Å². The third-order valence-corrected chi connectivity index (χ3v) is 6.12. The molecule has 0 aliphatic carbocycles. The lowest BCUT2D eigenvalue weighted by atomic mass is 10.1. The molecule has 0 heterocycles. The molecule has 2 N–H and O–H groups in total. The Labute approximate surface area is 192 Å². The van der Waals surface area contributed by atoms with Crippen LogP contribution >= 0.6 is 0 Å². The first-order valence-electron chi connectivity index (χ1n) is 9.51. The Morgan fingerprint density at radius 2 is 1.36 bits per heavy atom. The van der Waals surface area contributed by atoms with E-state index in [1.807, 2.05) is 0 Å². The minimum atomic E-state index is -4.09. The van der Waals surface area contributed by atoms with E-state index < -0.39 is 27.9 Å². The van der Waals surface area contributed by atoms with Crippen molar-refractivity contribution in [3.05, 3.63) is 35.9 Å². The lowest BCUT2D eigenvalue weighted by molar-refractivity contribution is -0.117. The van der Waals surface area contributed by atoms with Gasteiger partial charge in [0.15, 0.2) is 23.0 Å². The highest BCUT2D eigenvalue weighted by Gasteiger charge is 2.25. The van der Waals surface area contributed by atoms with Gasteiger partial charge in [0.05, 0.1) is 57.7 Å². The second-order valence-corrected chi connectivity index (χ2v) is 8.31. The third-order valence-electron chi connectivity index (χ3n) is 4.58. The topological polar surface area (TPSA) is 138 Å². The smallest absolute Gasteiger partial charge is 0.340 e. The molecule has 180 valence electrons. The van der Waals surface area contributed by atoms with E-state index in [1.165, 1.54) is 72.8 Å². The zero-order valence-electron chi connectivity index (χ0n) is 19.0. The van der Waals surface area contributed by atoms with Gasteiger partial charge in [0.1, 0.15) is 0 Å². The molecular formula is C21H26N2O9S. The Morgan fingerprint density at radius 1 is 0.818 bits per heavy atom. The van der Waals surface area contributed by atoms with E-state index in [0.29, 0.717) is 5.75 Å². The number of benzene rings is 2. The quantitative estimate of drug-likeness (QED) is 0.486. The molecule has 1 amide bonds. The summed E-state index contributed by atoms with van der Waals surface area (Å²) in [6, 6.07) is 5.54. The van der Waals surface area contributed by atoms with E-state index in [2.05, 4.69) is 10.0 Å². The predicted molar refractivity (Wildman–Crippen MR) is 119 cm³/mol. The second kappa shape index (κ2) is 10.9. The van der Waals surface area contributed by atoms with Crippen molar-refractivity contribution in [2.24, 2.45) is 0 Å². The number of esters is 1. The Hall–Kier alpha value is -3.51. The largest absolute Gasteiger partial charge is 0.493 e. The molecule has 0 saturated heterocycles. The predicted octanol–water partition coefficient (Wildman–Crippen LogP) is 1.81. The zero-order valence-corrected chi connectivity index (χ0v) is 19.9. The monoisotopic (exact) mass is 482 g/mol. The van der Waals surface area contributed by atoms with Gasteiger partial charge in [-0.05, 0) is 19.1 Å². The number of sulfonamides is 1. The highest BCUT2D eigenvalue weighted by molar-refractivity contribution is 7.89. The number of carbonyl (C=O) groups is 2. The first-order chi connectivity index (χ1) is 15.6. The van der Waals surface area contributed by atoms with E-state index in [0.717, 1.165) is 0 Å². The van der Waals surface area contributed by atoms with Crippen molar-refractivity contribution in [2.45, 2.75) is 17.9 Å². The lowest BCUT2D eigenvalue weighted by Crippen LogP contribution is -2.41. The summed E-state index contributed by atoms with van der Waals surface area (Å²) in [5.41, 5.74) is 0.0557. The Balaban J connectivity index is 2.29. The number of carbonyl (C=O) groups excluding carboxylic acids is 2. The van der Waals surface area contributed by atoms with Crippen molar-refractivity contribution in [1.82, 2.24) is 4.72 Å². The maximum Gasteiger partial charge on any atom is 0.340 e. The van der Waals surface area contributed by atoms with E-state index in [4.69, 9.17) is 23.7 Å². The number of hydrogen-bond donors (Lipinski definition) is 2. The number of ether oxygens (including phenoxy) is 5. The summed E-state index contributed by atoms with van der Waals surface area (Å²) in [6.45, 7) is 1.35. The van der Waals surface area contributed by atoms with Gasteiger partial charge in [0.25, 0.3) is 0 Å². The summed E-state index contributed by atoms with van der Waals surface area (Å²) in [5, 5.41) is 2.52. The number of rotatable bonds is 10. The van der Waals surface area contributed by atoms with Crippen molar-refractivity contribution < 1.29 is 41.7 Å². The lowest BCUT2D eigenvalue weighted by Gasteiger charge is -2.18. The van der Waals surface area contributed by atoms with E-state index in [1.54, 1.807) is 0 Å². The molecule has 33 heavy (non-hydrogen) atoms. The summed E-state index contributed by atoms with van der Waals surface area (Å²) in [7, 11) is 2.67. The summed E-state index contributed by atoms with van der Waals surface area (Å²) in [5.74, 6) is -0.394. The van der Waals surface area contributed by atoms with Crippen molar-refractivity contribution >= 4 is 27.6 Å². The summed E-state index contributed by atoms with van der Waals surface area (Å²) < 4.78 is 53.2. The van der Waals surface area contributed by atoms with Gasteiger partial charge in [-0.3, -0.25) is 4.79 Å². The van der Waals surface area contributed by atoms with Gasteiger partial charge >= 0.3 is 5.97 Å². The number of methoxy groups -OCH3 is 5. The molecule has 1 atom stereocenters. The minimum absolute atomic E-state index is 0.00144. The Kier molecular flexibility index (Phi) is 8.49. The molecule has 2 rings (SSSR count). The maximum absolute atomic E-state index is 12.8. The van der Waals surface area contributed by atoms with Gasteiger partial charge < -0.3 is 29.0 Å². The van der Waals surface area contributed by atoms with Crippen LogP contribution in [0.15, 0.2) is 35.2 Å². The fraction of sp³-hybridized carbons (Fsp3) is 0.333. The molecule has 0 fully saturated rings. The van der Waals surface area contributed by atoms with Crippen LogP contribution in [-0.4, -0.2) is 61.9 Å². The van der Waals surface area contributed by atoms with Gasteiger partial charge in [0, 0.05) is 18.2 Å². The van der Waals surface area contributed by atoms with Crippen molar-refractivity contribution in [3.8, 4) is 23.0 Å². The molecule has 0 saturated carbocycles. The molecule has 0 aliphatic heterocycles. The Morgan fingerprint density at radius 3 is 1.91 bits per heavy atom. The fourth-order valence-corrected chi connectivity index (χ4v) is 4.06. The van der Waals surface area contributed by atoms with Crippen LogP contribution in [-0.2, 0) is 19.6 Å². The average Bonchev–Trinajstić information content (AvgIpc) is 2.82. The van der Waals surface area contributed by atoms with Crippen LogP contribution in [0.4, 0.5) is 5.69 Å². The molecule has 0 aliphatic rings. The number of nitrogens with one attached hydrogen (secondary N) is 2. The number of anilines is 1. The standard InChI is InChI=1S/C21H26N2O9S/c1-12(23-33(26,27)13-7-8-16(28-2)17(9-13)29-3)20(24)22-15-11-19(31-5)18(30-4)10-14(15)21(25)32-6/h7-12,23H,1-6H3,(H,22,24)/t12-/m0/s1. The molecule has 11 nitrogen and oxygen atoms in total. The summed E-state index contributed by atoms with van der Waals surface area (Å²) >= 11 is 0. The molecule has 0 bridgehead atoms. The third kappa shape index (κ3) is 5.84. The van der Waals surface area contributed by atoms with Crippen LogP contribution in [0.1, 0.15) is 17.3 Å². The number of hydrogen-bond acceptors (Lipinski definition) is 9. The maximum atomic E-state index is 12.8. The molecule has 0 aromatic heterocycles. The molecule has 0 spiro atoms. The fourth-order valence-electron chi connectivity index (χ4n) is 2.84. The van der Waals surface area contributed by atoms with E-state index in [9.17, 15) is 18.0 Å². The number of amides is 1. The van der Waals surface area contributed by atoms with Gasteiger partial charge in [-0.15, -0.1) is 0 Å². The van der Waals surface area contributed by atoms with Crippen LogP contribution in [0.3, 0.4) is 0 Å². The molecule has 0 unspecified atom stereocenters. The molecule has 12 heteroatoms. The first-order valence-corrected chi connectivity index (χ1v) is 11.0. The zero-order chi connectivity index (χ0) is 24.8. The van der Waals surface area contributed by atoms with Gasteiger partial charge in [-0.1, -0.05) is 0 Å². The van der Waals surface area contributed by atoms with Crippen molar-refractivity contribution in [3.63, 3.8) is 0 Å². The highest BCUT2D eigenvalue weighted by Crippen LogP contribution is 2.34. The van der Waals surface area contributed by atoms with Crippen molar-refractivity contribution in [1.29, 1.82) is 0 Å². The normalized spacial score (nSPS) is 11.8. The van der Waals surface area contributed by atoms with Crippen LogP contribution in [0.5, 0.6) is 23.0 Å². The SMILES string of the molecule is COC(=O)c1cc(OC)c(OC)cc1NC(=O)[C@H](C)NS(=O)(=O)c1ccc(OC)c(OC)c1. The molecule has 2 aromatic rings. The van der Waals surface area contributed by atoms with E-state index >= 15 is 0 Å². The highest BCUT2D eigenvalue weighted by atomic mass is 32.2. The minimum Gasteiger partial charge on any atom is -0.493 e. The second-order valence-electron chi connectivity index (χ2n) is 6.59.